The molecular weight excluding hydrogens is 242 g/mol. The fraction of sp³-hybridized carbons (Fsp3) is 0.200. The summed E-state index contributed by atoms with van der Waals surface area (Å²) in [6, 6.07) is 11.7. The van der Waals surface area contributed by atoms with Gasteiger partial charge in [0.25, 0.3) is 0 Å². The van der Waals surface area contributed by atoms with Crippen molar-refractivity contribution in [3.63, 3.8) is 0 Å². The highest BCUT2D eigenvalue weighted by molar-refractivity contribution is 5.55. The summed E-state index contributed by atoms with van der Waals surface area (Å²) in [7, 11) is 0. The zero-order valence-electron chi connectivity index (χ0n) is 10.7. The van der Waals surface area contributed by atoms with E-state index in [9.17, 15) is 15.3 Å². The molecule has 0 aromatic heterocycles. The van der Waals surface area contributed by atoms with E-state index in [1.54, 1.807) is 6.07 Å². The Kier molecular flexibility index (Phi) is 3.92. The summed E-state index contributed by atoms with van der Waals surface area (Å²) in [4.78, 5) is 0. The van der Waals surface area contributed by atoms with Gasteiger partial charge in [-0.3, -0.25) is 0 Å². The predicted molar refractivity (Wildman–Crippen MR) is 74.2 cm³/mol. The molecule has 0 saturated carbocycles. The molecule has 2 aromatic rings. The molecule has 1 atom stereocenters. The summed E-state index contributed by atoms with van der Waals surface area (Å²) in [5, 5.41) is 32.1. The zero-order chi connectivity index (χ0) is 13.8. The van der Waals surface area contributed by atoms with E-state index in [4.69, 9.17) is 0 Å². The molecule has 4 heteroatoms. The van der Waals surface area contributed by atoms with Gasteiger partial charge in [0.1, 0.15) is 11.5 Å². The van der Waals surface area contributed by atoms with Crippen molar-refractivity contribution in [3.8, 4) is 11.5 Å². The van der Waals surface area contributed by atoms with Gasteiger partial charge in [0.2, 0.25) is 0 Å². The molecule has 0 aliphatic carbocycles. The average molecular weight is 259 g/mol. The molecule has 0 heterocycles. The number of aromatic hydroxyl groups is 2. The monoisotopic (exact) mass is 259 g/mol. The minimum atomic E-state index is -0.283. The third kappa shape index (κ3) is 2.80. The van der Waals surface area contributed by atoms with Crippen molar-refractivity contribution in [1.82, 2.24) is 0 Å². The molecule has 2 rings (SSSR count). The van der Waals surface area contributed by atoms with Gasteiger partial charge in [-0.15, -0.1) is 0 Å². The number of anilines is 1. The molecule has 4 nitrogen and oxygen atoms in total. The van der Waals surface area contributed by atoms with Crippen LogP contribution < -0.4 is 5.32 Å². The maximum atomic E-state index is 9.82. The van der Waals surface area contributed by atoms with Gasteiger partial charge in [-0.05, 0) is 25.1 Å². The lowest BCUT2D eigenvalue weighted by Gasteiger charge is -2.19. The largest absolute Gasteiger partial charge is 0.507 e. The topological polar surface area (TPSA) is 72.7 Å². The van der Waals surface area contributed by atoms with Crippen LogP contribution in [-0.2, 0) is 6.61 Å². The Morgan fingerprint density at radius 2 is 1.63 bits per heavy atom. The fourth-order valence-electron chi connectivity index (χ4n) is 2.09. The number of rotatable bonds is 4. The molecule has 0 aliphatic rings. The van der Waals surface area contributed by atoms with Gasteiger partial charge in [-0.2, -0.15) is 0 Å². The molecular formula is C15H17NO3. The molecule has 100 valence electrons. The number of para-hydroxylation sites is 1. The van der Waals surface area contributed by atoms with Gasteiger partial charge in [-0.1, -0.05) is 24.3 Å². The van der Waals surface area contributed by atoms with E-state index in [2.05, 4.69) is 5.32 Å². The Balaban J connectivity index is 2.28. The second-order valence-electron chi connectivity index (χ2n) is 4.39. The summed E-state index contributed by atoms with van der Waals surface area (Å²) in [5.41, 5.74) is 1.99. The maximum Gasteiger partial charge on any atom is 0.124 e. The molecule has 0 spiro atoms. The first-order valence-electron chi connectivity index (χ1n) is 6.09. The third-order valence-corrected chi connectivity index (χ3v) is 3.05. The van der Waals surface area contributed by atoms with Crippen molar-refractivity contribution in [2.75, 3.05) is 5.32 Å². The summed E-state index contributed by atoms with van der Waals surface area (Å²) in [6.07, 6.45) is 0. The Bertz CT molecular complexity index is 549. The van der Waals surface area contributed by atoms with Crippen molar-refractivity contribution in [2.24, 2.45) is 0 Å². The number of benzene rings is 2. The first kappa shape index (κ1) is 13.2. The lowest BCUT2D eigenvalue weighted by molar-refractivity contribution is 0.282. The Labute approximate surface area is 112 Å². The molecule has 0 amide bonds. The molecule has 0 bridgehead atoms. The molecule has 0 aliphatic heterocycles. The highest BCUT2D eigenvalue weighted by atomic mass is 16.3. The van der Waals surface area contributed by atoms with Crippen LogP contribution in [0.1, 0.15) is 24.1 Å². The lowest BCUT2D eigenvalue weighted by Crippen LogP contribution is -2.09. The van der Waals surface area contributed by atoms with Crippen molar-refractivity contribution in [2.45, 2.75) is 19.6 Å². The molecule has 2 aromatic carbocycles. The molecule has 19 heavy (non-hydrogen) atoms. The van der Waals surface area contributed by atoms with Gasteiger partial charge < -0.3 is 20.6 Å². The number of phenols is 2. The second kappa shape index (κ2) is 5.63. The van der Waals surface area contributed by atoms with Crippen LogP contribution in [0.25, 0.3) is 0 Å². The van der Waals surface area contributed by atoms with E-state index in [0.29, 0.717) is 5.56 Å². The van der Waals surface area contributed by atoms with Crippen LogP contribution in [0, 0.1) is 0 Å². The smallest absolute Gasteiger partial charge is 0.124 e. The number of hydrogen-bond acceptors (Lipinski definition) is 4. The van der Waals surface area contributed by atoms with E-state index in [0.717, 1.165) is 11.3 Å². The third-order valence-electron chi connectivity index (χ3n) is 3.05. The minimum absolute atomic E-state index is 0.0430. The molecule has 0 fully saturated rings. The summed E-state index contributed by atoms with van der Waals surface area (Å²) < 4.78 is 0. The first-order valence-corrected chi connectivity index (χ1v) is 6.09. The number of aliphatic hydroxyl groups is 1. The van der Waals surface area contributed by atoms with Crippen LogP contribution in [-0.4, -0.2) is 15.3 Å². The quantitative estimate of drug-likeness (QED) is 0.681. The highest BCUT2D eigenvalue weighted by Gasteiger charge is 2.15. The number of nitrogens with one attached hydrogen (secondary N) is 1. The predicted octanol–water partition coefficient (Wildman–Crippen LogP) is 2.76. The van der Waals surface area contributed by atoms with Crippen molar-refractivity contribution >= 4 is 5.69 Å². The van der Waals surface area contributed by atoms with Crippen molar-refractivity contribution in [1.29, 1.82) is 0 Å². The maximum absolute atomic E-state index is 9.82. The summed E-state index contributed by atoms with van der Waals surface area (Å²) in [6.45, 7) is 1.77. The van der Waals surface area contributed by atoms with E-state index < -0.39 is 0 Å². The number of aliphatic hydroxyl groups excluding tert-OH is 1. The van der Waals surface area contributed by atoms with Crippen LogP contribution in [0.2, 0.25) is 0 Å². The Morgan fingerprint density at radius 3 is 2.26 bits per heavy atom. The van der Waals surface area contributed by atoms with Crippen LogP contribution in [0.15, 0.2) is 42.5 Å². The van der Waals surface area contributed by atoms with E-state index in [1.165, 1.54) is 12.1 Å². The number of hydrogen-bond donors (Lipinski definition) is 4. The molecule has 1 unspecified atom stereocenters. The van der Waals surface area contributed by atoms with E-state index in [-0.39, 0.29) is 24.1 Å². The Hall–Kier alpha value is -2.20. The standard InChI is InChI=1S/C15H17NO3/c1-10(15-13(18)7-4-8-14(15)19)16-12-6-3-2-5-11(12)9-17/h2-8,10,16-19H,9H2,1H3. The van der Waals surface area contributed by atoms with Gasteiger partial charge in [0, 0.05) is 11.3 Å². The lowest BCUT2D eigenvalue weighted by atomic mass is 10.0. The van der Waals surface area contributed by atoms with Crippen LogP contribution in [0.4, 0.5) is 5.69 Å². The fourth-order valence-corrected chi connectivity index (χ4v) is 2.09. The van der Waals surface area contributed by atoms with E-state index >= 15 is 0 Å². The second-order valence-corrected chi connectivity index (χ2v) is 4.39. The van der Waals surface area contributed by atoms with E-state index in [1.807, 2.05) is 31.2 Å². The van der Waals surface area contributed by atoms with Gasteiger partial charge in [0.05, 0.1) is 18.2 Å². The van der Waals surface area contributed by atoms with Crippen molar-refractivity contribution < 1.29 is 15.3 Å². The molecule has 0 saturated heterocycles. The van der Waals surface area contributed by atoms with Gasteiger partial charge in [-0.25, -0.2) is 0 Å². The SMILES string of the molecule is CC(Nc1ccccc1CO)c1c(O)cccc1O. The van der Waals surface area contributed by atoms with Gasteiger partial charge >= 0.3 is 0 Å². The molecule has 4 N–H and O–H groups in total. The Morgan fingerprint density at radius 1 is 1.00 bits per heavy atom. The summed E-state index contributed by atoms with van der Waals surface area (Å²) >= 11 is 0. The van der Waals surface area contributed by atoms with Gasteiger partial charge in [0.15, 0.2) is 0 Å². The molecule has 0 radical (unpaired) electrons. The zero-order valence-corrected chi connectivity index (χ0v) is 10.7. The normalized spacial score (nSPS) is 12.1. The van der Waals surface area contributed by atoms with Crippen LogP contribution in [0.5, 0.6) is 11.5 Å². The van der Waals surface area contributed by atoms with Crippen molar-refractivity contribution in [3.05, 3.63) is 53.6 Å². The average Bonchev–Trinajstić information content (AvgIpc) is 2.39. The first-order chi connectivity index (χ1) is 9.13. The number of phenolic OH excluding ortho intramolecular Hbond substituents is 2. The minimum Gasteiger partial charge on any atom is -0.507 e. The summed E-state index contributed by atoms with van der Waals surface area (Å²) in [5.74, 6) is 0.0861. The van der Waals surface area contributed by atoms with Crippen LogP contribution in [0.3, 0.4) is 0 Å². The van der Waals surface area contributed by atoms with Crippen LogP contribution >= 0.6 is 0 Å². The highest BCUT2D eigenvalue weighted by Crippen LogP contribution is 2.34.